The summed E-state index contributed by atoms with van der Waals surface area (Å²) in [7, 11) is 6.23. The van der Waals surface area contributed by atoms with Crippen molar-refractivity contribution < 1.29 is 0 Å². The van der Waals surface area contributed by atoms with E-state index in [-0.39, 0.29) is 6.04 Å². The van der Waals surface area contributed by atoms with Crippen LogP contribution in [0.1, 0.15) is 17.7 Å². The van der Waals surface area contributed by atoms with Gasteiger partial charge in [-0.2, -0.15) is 5.10 Å². The van der Waals surface area contributed by atoms with Gasteiger partial charge in [-0.05, 0) is 33.9 Å². The molecule has 2 atom stereocenters. The van der Waals surface area contributed by atoms with Gasteiger partial charge in [-0.1, -0.05) is 11.6 Å². The first-order valence-corrected chi connectivity index (χ1v) is 7.58. The van der Waals surface area contributed by atoms with Gasteiger partial charge >= 0.3 is 0 Å². The van der Waals surface area contributed by atoms with E-state index in [1.54, 1.807) is 4.68 Å². The summed E-state index contributed by atoms with van der Waals surface area (Å²) in [6, 6.07) is 0.647. The van der Waals surface area contributed by atoms with E-state index in [1.807, 2.05) is 14.0 Å². The zero-order chi connectivity index (χ0) is 14.9. The fraction of sp³-hybridized carbons (Fsp3) is 0.786. The van der Waals surface area contributed by atoms with Gasteiger partial charge in [0.1, 0.15) is 5.15 Å². The molecule has 1 saturated heterocycles. The molecule has 5 nitrogen and oxygen atoms in total. The zero-order valence-electron chi connectivity index (χ0n) is 12.9. The summed E-state index contributed by atoms with van der Waals surface area (Å²) in [5.41, 5.74) is 8.43. The van der Waals surface area contributed by atoms with Crippen LogP contribution < -0.4 is 5.73 Å². The van der Waals surface area contributed by atoms with Crippen molar-refractivity contribution in [3.63, 3.8) is 0 Å². The molecule has 2 unspecified atom stereocenters. The SMILES string of the molecule is Cc1nn(C)c(Cl)c1CC(N)CC1CN(C)CCN1C. The summed E-state index contributed by atoms with van der Waals surface area (Å²) in [4.78, 5) is 4.79. The van der Waals surface area contributed by atoms with E-state index in [4.69, 9.17) is 17.3 Å². The van der Waals surface area contributed by atoms with Crippen LogP contribution in [0.2, 0.25) is 5.15 Å². The maximum Gasteiger partial charge on any atom is 0.130 e. The minimum Gasteiger partial charge on any atom is -0.327 e. The van der Waals surface area contributed by atoms with Crippen molar-refractivity contribution in [2.75, 3.05) is 33.7 Å². The second kappa shape index (κ2) is 6.43. The highest BCUT2D eigenvalue weighted by Gasteiger charge is 2.25. The molecule has 0 bridgehead atoms. The Morgan fingerprint density at radius 1 is 1.35 bits per heavy atom. The molecule has 1 aliphatic rings. The highest BCUT2D eigenvalue weighted by atomic mass is 35.5. The molecule has 0 amide bonds. The van der Waals surface area contributed by atoms with Crippen molar-refractivity contribution in [1.29, 1.82) is 0 Å². The lowest BCUT2D eigenvalue weighted by molar-refractivity contribution is 0.104. The van der Waals surface area contributed by atoms with Gasteiger partial charge in [-0.15, -0.1) is 0 Å². The highest BCUT2D eigenvalue weighted by molar-refractivity contribution is 6.30. The van der Waals surface area contributed by atoms with E-state index in [2.05, 4.69) is 29.0 Å². The van der Waals surface area contributed by atoms with Gasteiger partial charge in [-0.3, -0.25) is 4.68 Å². The number of nitrogens with zero attached hydrogens (tertiary/aromatic N) is 4. The van der Waals surface area contributed by atoms with E-state index in [0.29, 0.717) is 11.2 Å². The minimum absolute atomic E-state index is 0.120. The summed E-state index contributed by atoms with van der Waals surface area (Å²) in [5, 5.41) is 5.06. The summed E-state index contributed by atoms with van der Waals surface area (Å²) in [6.45, 7) is 5.33. The summed E-state index contributed by atoms with van der Waals surface area (Å²) in [5.74, 6) is 0. The Morgan fingerprint density at radius 2 is 2.05 bits per heavy atom. The molecule has 20 heavy (non-hydrogen) atoms. The minimum atomic E-state index is 0.120. The predicted molar refractivity (Wildman–Crippen MR) is 83.2 cm³/mol. The second-order valence-corrected chi connectivity index (χ2v) is 6.43. The molecule has 1 aromatic heterocycles. The molecule has 0 radical (unpaired) electrons. The van der Waals surface area contributed by atoms with Crippen molar-refractivity contribution in [3.8, 4) is 0 Å². The average Bonchev–Trinajstić information content (AvgIpc) is 2.61. The molecular formula is C14H26ClN5. The van der Waals surface area contributed by atoms with Gasteiger partial charge in [0.25, 0.3) is 0 Å². The lowest BCUT2D eigenvalue weighted by atomic mass is 9.98. The molecule has 2 rings (SSSR count). The van der Waals surface area contributed by atoms with Gasteiger partial charge in [0.2, 0.25) is 0 Å². The number of rotatable bonds is 4. The van der Waals surface area contributed by atoms with Gasteiger partial charge < -0.3 is 15.5 Å². The molecule has 114 valence electrons. The third-order valence-corrected chi connectivity index (χ3v) is 4.76. The van der Waals surface area contributed by atoms with E-state index < -0.39 is 0 Å². The normalized spacial score (nSPS) is 23.2. The quantitative estimate of drug-likeness (QED) is 0.897. The molecule has 2 N–H and O–H groups in total. The molecule has 6 heteroatoms. The first-order valence-electron chi connectivity index (χ1n) is 7.20. The van der Waals surface area contributed by atoms with Gasteiger partial charge in [-0.25, -0.2) is 0 Å². The second-order valence-electron chi connectivity index (χ2n) is 6.07. The van der Waals surface area contributed by atoms with Crippen LogP contribution in [0.25, 0.3) is 0 Å². The molecule has 0 aromatic carbocycles. The predicted octanol–water partition coefficient (Wildman–Crippen LogP) is 0.888. The number of piperazine rings is 1. The number of halogens is 1. The Hall–Kier alpha value is -0.620. The third kappa shape index (κ3) is 3.52. The number of aryl methyl sites for hydroxylation is 2. The van der Waals surface area contributed by atoms with Crippen molar-refractivity contribution in [2.24, 2.45) is 12.8 Å². The number of nitrogens with two attached hydrogens (primary N) is 1. The van der Waals surface area contributed by atoms with Crippen molar-refractivity contribution in [1.82, 2.24) is 19.6 Å². The average molecular weight is 300 g/mol. The van der Waals surface area contributed by atoms with Crippen LogP contribution in [0.5, 0.6) is 0 Å². The van der Waals surface area contributed by atoms with Crippen molar-refractivity contribution >= 4 is 11.6 Å². The molecule has 0 aliphatic carbocycles. The first kappa shape index (κ1) is 15.8. The van der Waals surface area contributed by atoms with E-state index in [9.17, 15) is 0 Å². The molecule has 0 saturated carbocycles. The summed E-state index contributed by atoms with van der Waals surface area (Å²) >= 11 is 6.28. The molecular weight excluding hydrogens is 274 g/mol. The lowest BCUT2D eigenvalue weighted by Gasteiger charge is -2.38. The maximum atomic E-state index is 6.35. The lowest BCUT2D eigenvalue weighted by Crippen LogP contribution is -2.51. The van der Waals surface area contributed by atoms with Crippen LogP contribution >= 0.6 is 11.6 Å². The number of hydrogen-bond acceptors (Lipinski definition) is 4. The monoisotopic (exact) mass is 299 g/mol. The topological polar surface area (TPSA) is 50.3 Å². The van der Waals surface area contributed by atoms with E-state index in [0.717, 1.165) is 43.7 Å². The van der Waals surface area contributed by atoms with Crippen LogP contribution in [0.3, 0.4) is 0 Å². The summed E-state index contributed by atoms with van der Waals surface area (Å²) < 4.78 is 1.72. The number of hydrogen-bond donors (Lipinski definition) is 1. The van der Waals surface area contributed by atoms with Crippen LogP contribution in [0, 0.1) is 6.92 Å². The Morgan fingerprint density at radius 3 is 2.65 bits per heavy atom. The zero-order valence-corrected chi connectivity index (χ0v) is 13.7. The summed E-state index contributed by atoms with van der Waals surface area (Å²) in [6.07, 6.45) is 1.79. The highest BCUT2D eigenvalue weighted by Crippen LogP contribution is 2.21. The van der Waals surface area contributed by atoms with Crippen molar-refractivity contribution in [3.05, 3.63) is 16.4 Å². The van der Waals surface area contributed by atoms with E-state index in [1.165, 1.54) is 0 Å². The Labute approximate surface area is 126 Å². The molecule has 2 heterocycles. The third-order valence-electron chi connectivity index (χ3n) is 4.29. The molecule has 1 fully saturated rings. The first-order chi connectivity index (χ1) is 9.38. The fourth-order valence-corrected chi connectivity index (χ4v) is 3.21. The van der Waals surface area contributed by atoms with Crippen LogP contribution in [-0.2, 0) is 13.5 Å². The Kier molecular flexibility index (Phi) is 5.07. The standard InChI is InChI=1S/C14H26ClN5/c1-10-13(14(15)20(4)17-10)8-11(16)7-12-9-18(2)5-6-19(12)3/h11-12H,5-9,16H2,1-4H3. The van der Waals surface area contributed by atoms with Crippen LogP contribution in [0.15, 0.2) is 0 Å². The maximum absolute atomic E-state index is 6.35. The Bertz CT molecular complexity index is 459. The Balaban J connectivity index is 1.96. The van der Waals surface area contributed by atoms with Crippen LogP contribution in [0.4, 0.5) is 0 Å². The largest absolute Gasteiger partial charge is 0.327 e. The van der Waals surface area contributed by atoms with E-state index >= 15 is 0 Å². The molecule has 1 aliphatic heterocycles. The number of likely N-dealkylation sites (N-methyl/N-ethyl adjacent to an activating group) is 2. The number of aromatic nitrogens is 2. The van der Waals surface area contributed by atoms with Gasteiger partial charge in [0, 0.05) is 44.3 Å². The smallest absolute Gasteiger partial charge is 0.130 e. The van der Waals surface area contributed by atoms with Gasteiger partial charge in [0.05, 0.1) is 5.69 Å². The van der Waals surface area contributed by atoms with Crippen molar-refractivity contribution in [2.45, 2.75) is 31.8 Å². The molecule has 1 aromatic rings. The van der Waals surface area contributed by atoms with Crippen LogP contribution in [-0.4, -0.2) is 65.4 Å². The fourth-order valence-electron chi connectivity index (χ4n) is 2.96. The molecule has 0 spiro atoms. The van der Waals surface area contributed by atoms with Gasteiger partial charge in [0.15, 0.2) is 0 Å².